The molecular formula is C29H25N5O4S. The molecule has 4 aromatic rings. The molecule has 2 heterocycles. The molecule has 3 amide bonds. The van der Waals surface area contributed by atoms with Gasteiger partial charge in [-0.15, -0.1) is 0 Å². The first-order valence-corrected chi connectivity index (χ1v) is 12.6. The van der Waals surface area contributed by atoms with Gasteiger partial charge in [-0.25, -0.2) is 0 Å². The van der Waals surface area contributed by atoms with E-state index in [0.29, 0.717) is 28.7 Å². The third kappa shape index (κ3) is 5.55. The van der Waals surface area contributed by atoms with Gasteiger partial charge < -0.3 is 10.1 Å². The lowest BCUT2D eigenvalue weighted by molar-refractivity contribution is 0.0641. The van der Waals surface area contributed by atoms with Crippen LogP contribution >= 0.6 is 12.2 Å². The van der Waals surface area contributed by atoms with Crippen LogP contribution < -0.4 is 20.9 Å². The van der Waals surface area contributed by atoms with Gasteiger partial charge in [-0.1, -0.05) is 48.5 Å². The molecule has 3 N–H and O–H groups in total. The Morgan fingerprint density at radius 2 is 1.67 bits per heavy atom. The second-order valence-electron chi connectivity index (χ2n) is 8.95. The number of benzene rings is 3. The van der Waals surface area contributed by atoms with E-state index in [4.69, 9.17) is 17.0 Å². The zero-order valence-electron chi connectivity index (χ0n) is 21.0. The van der Waals surface area contributed by atoms with Crippen LogP contribution in [0.2, 0.25) is 0 Å². The summed E-state index contributed by atoms with van der Waals surface area (Å²) < 4.78 is 5.33. The number of rotatable bonds is 7. The number of methoxy groups -OCH3 is 1. The molecule has 5 rings (SSSR count). The van der Waals surface area contributed by atoms with Crippen molar-refractivity contribution in [3.63, 3.8) is 0 Å². The van der Waals surface area contributed by atoms with Gasteiger partial charge in [0.1, 0.15) is 11.4 Å². The molecule has 1 unspecified atom stereocenters. The van der Waals surface area contributed by atoms with Crippen molar-refractivity contribution in [3.8, 4) is 5.75 Å². The van der Waals surface area contributed by atoms with Crippen LogP contribution in [-0.2, 0) is 6.42 Å². The van der Waals surface area contributed by atoms with Gasteiger partial charge in [-0.3, -0.25) is 35.1 Å². The Bertz CT molecular complexity index is 1550. The Labute approximate surface area is 230 Å². The third-order valence-corrected chi connectivity index (χ3v) is 6.63. The van der Waals surface area contributed by atoms with E-state index in [0.717, 1.165) is 10.9 Å². The number of hydrogen-bond donors (Lipinski definition) is 3. The van der Waals surface area contributed by atoms with Crippen LogP contribution in [0.1, 0.15) is 36.8 Å². The highest BCUT2D eigenvalue weighted by molar-refractivity contribution is 7.80. The fourth-order valence-electron chi connectivity index (χ4n) is 4.57. The number of fused-ring (bicyclic) bond motifs is 2. The Balaban J connectivity index is 1.30. The average Bonchev–Trinajstić information content (AvgIpc) is 3.20. The molecule has 0 fully saturated rings. The lowest BCUT2D eigenvalue weighted by atomic mass is 10.1. The van der Waals surface area contributed by atoms with Crippen LogP contribution in [0.3, 0.4) is 0 Å². The predicted octanol–water partition coefficient (Wildman–Crippen LogP) is 3.26. The fourth-order valence-corrected chi connectivity index (χ4v) is 4.78. The molecule has 1 atom stereocenters. The first-order valence-electron chi connectivity index (χ1n) is 12.2. The number of nitrogens with zero attached hydrogens (tertiary/aromatic N) is 2. The summed E-state index contributed by atoms with van der Waals surface area (Å²) in [5, 5.41) is 4.85. The van der Waals surface area contributed by atoms with Gasteiger partial charge in [-0.05, 0) is 59.9 Å². The summed E-state index contributed by atoms with van der Waals surface area (Å²) in [5.41, 5.74) is 7.21. The Kier molecular flexibility index (Phi) is 7.46. The van der Waals surface area contributed by atoms with Crippen molar-refractivity contribution in [2.45, 2.75) is 12.5 Å². The molecule has 0 saturated heterocycles. The zero-order chi connectivity index (χ0) is 27.4. The van der Waals surface area contributed by atoms with Crippen LogP contribution in [-0.4, -0.2) is 52.4 Å². The van der Waals surface area contributed by atoms with Crippen LogP contribution in [0.4, 0.5) is 0 Å². The molecule has 1 aliphatic heterocycles. The van der Waals surface area contributed by atoms with Gasteiger partial charge in [0, 0.05) is 18.1 Å². The molecule has 0 saturated carbocycles. The second kappa shape index (κ2) is 11.3. The number of hydrazine groups is 1. The molecule has 0 spiro atoms. The van der Waals surface area contributed by atoms with Crippen molar-refractivity contribution < 1.29 is 19.1 Å². The minimum Gasteiger partial charge on any atom is -0.497 e. The van der Waals surface area contributed by atoms with Gasteiger partial charge in [0.05, 0.1) is 24.3 Å². The number of hydrogen-bond acceptors (Lipinski definition) is 6. The molecule has 0 aliphatic carbocycles. The largest absolute Gasteiger partial charge is 0.497 e. The number of thiocarbonyl (C=S) groups is 1. The molecule has 0 radical (unpaired) electrons. The standard InChI is InChI=1S/C29H25N5O4S/c1-38-21-9-6-7-18(16-21)15-20(17-34-27(36)23-11-4-5-12-24(23)28(34)37)31-29(39)33-32-26(35)25-22-10-3-2-8-19(22)13-14-30-25/h2-14,16,20H,15,17H2,1H3,(H,32,35)(H2,31,33,39). The quantitative estimate of drug-likeness (QED) is 0.186. The summed E-state index contributed by atoms with van der Waals surface area (Å²) in [5.74, 6) is -0.493. The molecule has 10 heteroatoms. The maximum Gasteiger partial charge on any atom is 0.288 e. The predicted molar refractivity (Wildman–Crippen MR) is 150 cm³/mol. The number of imide groups is 1. The van der Waals surface area contributed by atoms with E-state index in [9.17, 15) is 14.4 Å². The highest BCUT2D eigenvalue weighted by Crippen LogP contribution is 2.23. The molecule has 0 bridgehead atoms. The minimum atomic E-state index is -0.466. The van der Waals surface area contributed by atoms with E-state index in [1.165, 1.54) is 4.90 Å². The van der Waals surface area contributed by atoms with Crippen molar-refractivity contribution in [1.82, 2.24) is 26.1 Å². The number of ether oxygens (including phenoxy) is 1. The zero-order valence-corrected chi connectivity index (χ0v) is 21.8. The Morgan fingerprint density at radius 1 is 0.949 bits per heavy atom. The van der Waals surface area contributed by atoms with Crippen molar-refractivity contribution in [3.05, 3.63) is 107 Å². The van der Waals surface area contributed by atoms with E-state index >= 15 is 0 Å². The first kappa shape index (κ1) is 25.8. The molecule has 196 valence electrons. The summed E-state index contributed by atoms with van der Waals surface area (Å²) >= 11 is 5.46. The van der Waals surface area contributed by atoms with Gasteiger partial charge in [0.25, 0.3) is 17.7 Å². The normalized spacial score (nSPS) is 13.1. The topological polar surface area (TPSA) is 113 Å². The van der Waals surface area contributed by atoms with Gasteiger partial charge in [-0.2, -0.15) is 0 Å². The van der Waals surface area contributed by atoms with E-state index in [1.807, 2.05) is 54.6 Å². The van der Waals surface area contributed by atoms with Crippen molar-refractivity contribution in [2.75, 3.05) is 13.7 Å². The third-order valence-electron chi connectivity index (χ3n) is 6.41. The maximum absolute atomic E-state index is 13.0. The van der Waals surface area contributed by atoms with Crippen LogP contribution in [0.5, 0.6) is 5.75 Å². The Morgan fingerprint density at radius 3 is 2.41 bits per heavy atom. The number of nitrogens with one attached hydrogen (secondary N) is 3. The maximum atomic E-state index is 13.0. The first-order chi connectivity index (χ1) is 18.9. The molecule has 1 aliphatic rings. The van der Waals surface area contributed by atoms with Gasteiger partial charge >= 0.3 is 0 Å². The number of aromatic nitrogens is 1. The molecule has 9 nitrogen and oxygen atoms in total. The number of carbonyl (C=O) groups excluding carboxylic acids is 3. The van der Waals surface area contributed by atoms with E-state index in [2.05, 4.69) is 21.2 Å². The van der Waals surface area contributed by atoms with Crippen molar-refractivity contribution >= 4 is 45.8 Å². The lowest BCUT2D eigenvalue weighted by Gasteiger charge is -2.25. The summed E-state index contributed by atoms with van der Waals surface area (Å²) in [6, 6.07) is 23.0. The summed E-state index contributed by atoms with van der Waals surface area (Å²) in [4.78, 5) is 44.3. The van der Waals surface area contributed by atoms with Crippen LogP contribution in [0.25, 0.3) is 10.8 Å². The van der Waals surface area contributed by atoms with E-state index < -0.39 is 11.9 Å². The van der Waals surface area contributed by atoms with Crippen LogP contribution in [0.15, 0.2) is 85.1 Å². The summed E-state index contributed by atoms with van der Waals surface area (Å²) in [6.45, 7) is 0.0597. The van der Waals surface area contributed by atoms with Gasteiger partial charge in [0.2, 0.25) is 0 Å². The highest BCUT2D eigenvalue weighted by atomic mass is 32.1. The molecular weight excluding hydrogens is 514 g/mol. The van der Waals surface area contributed by atoms with Crippen molar-refractivity contribution in [1.29, 1.82) is 0 Å². The average molecular weight is 540 g/mol. The van der Waals surface area contributed by atoms with E-state index in [1.54, 1.807) is 37.6 Å². The van der Waals surface area contributed by atoms with Crippen LogP contribution in [0, 0.1) is 0 Å². The Hall–Kier alpha value is -4.83. The number of pyridine rings is 1. The van der Waals surface area contributed by atoms with E-state index in [-0.39, 0.29) is 29.2 Å². The summed E-state index contributed by atoms with van der Waals surface area (Å²) in [7, 11) is 1.58. The SMILES string of the molecule is COc1cccc(CC(CN2C(=O)c3ccccc3C2=O)NC(=S)NNC(=O)c2nccc3ccccc23)c1. The smallest absolute Gasteiger partial charge is 0.288 e. The highest BCUT2D eigenvalue weighted by Gasteiger charge is 2.36. The monoisotopic (exact) mass is 539 g/mol. The number of carbonyl (C=O) groups is 3. The lowest BCUT2D eigenvalue weighted by Crippen LogP contribution is -2.53. The minimum absolute atomic E-state index is 0.0597. The second-order valence-corrected chi connectivity index (χ2v) is 9.36. The van der Waals surface area contributed by atoms with Gasteiger partial charge in [0.15, 0.2) is 5.11 Å². The summed E-state index contributed by atoms with van der Waals surface area (Å²) in [6.07, 6.45) is 1.99. The molecule has 3 aromatic carbocycles. The molecule has 39 heavy (non-hydrogen) atoms. The van der Waals surface area contributed by atoms with Crippen molar-refractivity contribution in [2.24, 2.45) is 0 Å². The number of amides is 3. The fraction of sp³-hybridized carbons (Fsp3) is 0.138. The molecule has 1 aromatic heterocycles.